The summed E-state index contributed by atoms with van der Waals surface area (Å²) in [4.78, 5) is 12.5. The van der Waals surface area contributed by atoms with Gasteiger partial charge in [-0.3, -0.25) is 9.89 Å². The van der Waals surface area contributed by atoms with Gasteiger partial charge in [-0.25, -0.2) is 0 Å². The number of aromatic amines is 1. The first-order chi connectivity index (χ1) is 14.4. The molecule has 1 amide bonds. The van der Waals surface area contributed by atoms with Crippen molar-refractivity contribution in [3.63, 3.8) is 0 Å². The molecule has 3 heterocycles. The topological polar surface area (TPSA) is 97.7 Å². The number of carbonyl (C=O) groups excluding carboxylic acids is 1. The minimum absolute atomic E-state index is 0.0295. The Bertz CT molecular complexity index is 1060. The summed E-state index contributed by atoms with van der Waals surface area (Å²) in [5.41, 5.74) is 1.53. The molecule has 0 radical (unpaired) electrons. The lowest BCUT2D eigenvalue weighted by atomic mass is 9.97. The first-order valence-corrected chi connectivity index (χ1v) is 9.31. The van der Waals surface area contributed by atoms with Crippen LogP contribution in [-0.2, 0) is 19.5 Å². The number of hydrogen-bond acceptors (Lipinski definition) is 5. The third-order valence-corrected chi connectivity index (χ3v) is 5.11. The summed E-state index contributed by atoms with van der Waals surface area (Å²) in [6, 6.07) is 8.89. The highest BCUT2D eigenvalue weighted by Crippen LogP contribution is 2.34. The second kappa shape index (κ2) is 7.81. The Morgan fingerprint density at radius 2 is 2.13 bits per heavy atom. The molecule has 8 nitrogen and oxygen atoms in total. The molecule has 4 rings (SSSR count). The molecule has 0 saturated heterocycles. The van der Waals surface area contributed by atoms with Gasteiger partial charge in [0.2, 0.25) is 0 Å². The number of para-hydroxylation sites is 1. The van der Waals surface area contributed by atoms with E-state index in [1.54, 1.807) is 23.8 Å². The summed E-state index contributed by atoms with van der Waals surface area (Å²) in [5, 5.41) is 17.3. The van der Waals surface area contributed by atoms with E-state index in [-0.39, 0.29) is 37.4 Å². The molecule has 1 atom stereocenters. The third kappa shape index (κ3) is 3.87. The molecule has 0 saturated carbocycles. The molecule has 1 unspecified atom stereocenters. The highest BCUT2D eigenvalue weighted by Gasteiger charge is 2.42. The van der Waals surface area contributed by atoms with Crippen molar-refractivity contribution in [1.82, 2.24) is 30.3 Å². The number of ether oxygens (including phenoxy) is 1. The van der Waals surface area contributed by atoms with Gasteiger partial charge in [0.15, 0.2) is 5.82 Å². The van der Waals surface area contributed by atoms with E-state index in [2.05, 4.69) is 25.7 Å². The highest BCUT2D eigenvalue weighted by molar-refractivity contribution is 5.93. The number of aromatic nitrogens is 5. The van der Waals surface area contributed by atoms with E-state index in [0.29, 0.717) is 17.3 Å². The van der Waals surface area contributed by atoms with E-state index in [0.717, 1.165) is 5.56 Å². The number of amides is 1. The normalized spacial score (nSPS) is 16.2. The standard InChI is InChI=1S/C19H19F3N6O2/c1-30-15-5-3-2-4-12(15)13-9-14(25-24-13)18(29)23-10-17-27-26-16-8-11(19(20,21)22)6-7-28(16)17/h2-5,9,11H,6-8,10H2,1H3,(H,23,29)(H,24,25). The number of benzene rings is 1. The third-order valence-electron chi connectivity index (χ3n) is 5.11. The summed E-state index contributed by atoms with van der Waals surface area (Å²) in [5.74, 6) is -0.487. The minimum atomic E-state index is -4.24. The number of fused-ring (bicyclic) bond motifs is 1. The van der Waals surface area contributed by atoms with Crippen molar-refractivity contribution in [1.29, 1.82) is 0 Å². The minimum Gasteiger partial charge on any atom is -0.496 e. The fourth-order valence-corrected chi connectivity index (χ4v) is 3.49. The molecule has 1 aliphatic rings. The van der Waals surface area contributed by atoms with Gasteiger partial charge in [0.25, 0.3) is 5.91 Å². The van der Waals surface area contributed by atoms with E-state index >= 15 is 0 Å². The number of methoxy groups -OCH3 is 1. The Hall–Kier alpha value is -3.37. The largest absolute Gasteiger partial charge is 0.496 e. The highest BCUT2D eigenvalue weighted by atomic mass is 19.4. The van der Waals surface area contributed by atoms with E-state index in [1.165, 1.54) is 0 Å². The monoisotopic (exact) mass is 420 g/mol. The Balaban J connectivity index is 1.42. The second-order valence-corrected chi connectivity index (χ2v) is 6.97. The Morgan fingerprint density at radius 3 is 2.90 bits per heavy atom. The zero-order chi connectivity index (χ0) is 21.3. The molecule has 158 valence electrons. The fraction of sp³-hybridized carbons (Fsp3) is 0.368. The van der Waals surface area contributed by atoms with Crippen LogP contribution in [0.4, 0.5) is 13.2 Å². The quantitative estimate of drug-likeness (QED) is 0.662. The molecular formula is C19H19F3N6O2. The molecule has 30 heavy (non-hydrogen) atoms. The first-order valence-electron chi connectivity index (χ1n) is 9.31. The smallest absolute Gasteiger partial charge is 0.392 e. The van der Waals surface area contributed by atoms with Crippen LogP contribution in [0.5, 0.6) is 5.75 Å². The molecule has 11 heteroatoms. The SMILES string of the molecule is COc1ccccc1-c1cc(C(=O)NCc2nnc3n2CCC(C(F)(F)F)C3)[nH]n1. The van der Waals surface area contributed by atoms with Crippen molar-refractivity contribution < 1.29 is 22.7 Å². The lowest BCUT2D eigenvalue weighted by molar-refractivity contribution is -0.179. The summed E-state index contributed by atoms with van der Waals surface area (Å²) in [6.07, 6.45) is -4.48. The van der Waals surface area contributed by atoms with Gasteiger partial charge in [-0.05, 0) is 24.6 Å². The van der Waals surface area contributed by atoms with Gasteiger partial charge in [0, 0.05) is 18.5 Å². The van der Waals surface area contributed by atoms with Gasteiger partial charge in [0.1, 0.15) is 17.3 Å². The number of rotatable bonds is 5. The molecule has 1 aromatic carbocycles. The number of nitrogens with one attached hydrogen (secondary N) is 2. The number of halogens is 3. The van der Waals surface area contributed by atoms with Crippen molar-refractivity contribution in [2.45, 2.75) is 32.1 Å². The van der Waals surface area contributed by atoms with Crippen LogP contribution in [-0.4, -0.2) is 44.2 Å². The van der Waals surface area contributed by atoms with Crippen LogP contribution >= 0.6 is 0 Å². The number of H-pyrrole nitrogens is 1. The molecule has 0 bridgehead atoms. The van der Waals surface area contributed by atoms with Crippen LogP contribution in [0.3, 0.4) is 0 Å². The van der Waals surface area contributed by atoms with Crippen molar-refractivity contribution in [2.75, 3.05) is 7.11 Å². The van der Waals surface area contributed by atoms with E-state index in [9.17, 15) is 18.0 Å². The average Bonchev–Trinajstić information content (AvgIpc) is 3.38. The van der Waals surface area contributed by atoms with Gasteiger partial charge in [-0.15, -0.1) is 10.2 Å². The van der Waals surface area contributed by atoms with Crippen LogP contribution in [0.25, 0.3) is 11.3 Å². The van der Waals surface area contributed by atoms with Crippen molar-refractivity contribution in [3.05, 3.63) is 47.7 Å². The zero-order valence-electron chi connectivity index (χ0n) is 16.0. The summed E-state index contributed by atoms with van der Waals surface area (Å²) < 4.78 is 45.7. The van der Waals surface area contributed by atoms with Crippen LogP contribution in [0, 0.1) is 5.92 Å². The number of carbonyl (C=O) groups is 1. The molecular weight excluding hydrogens is 401 g/mol. The fourth-order valence-electron chi connectivity index (χ4n) is 3.49. The van der Waals surface area contributed by atoms with Crippen LogP contribution in [0.15, 0.2) is 30.3 Å². The lowest BCUT2D eigenvalue weighted by Crippen LogP contribution is -2.32. The molecule has 2 aromatic heterocycles. The van der Waals surface area contributed by atoms with Gasteiger partial charge in [-0.2, -0.15) is 18.3 Å². The number of nitrogens with zero attached hydrogens (tertiary/aromatic N) is 4. The molecule has 1 aliphatic heterocycles. The van der Waals surface area contributed by atoms with Gasteiger partial charge < -0.3 is 14.6 Å². The number of alkyl halides is 3. The molecule has 3 aromatic rings. The zero-order valence-corrected chi connectivity index (χ0v) is 16.0. The lowest BCUT2D eigenvalue weighted by Gasteiger charge is -2.25. The van der Waals surface area contributed by atoms with E-state index in [1.807, 2.05) is 18.2 Å². The van der Waals surface area contributed by atoms with Crippen LogP contribution < -0.4 is 10.1 Å². The summed E-state index contributed by atoms with van der Waals surface area (Å²) in [7, 11) is 1.55. The van der Waals surface area contributed by atoms with Crippen LogP contribution in [0.1, 0.15) is 28.6 Å². The molecule has 2 N–H and O–H groups in total. The van der Waals surface area contributed by atoms with Crippen molar-refractivity contribution >= 4 is 5.91 Å². The Kier molecular flexibility index (Phi) is 5.18. The summed E-state index contributed by atoms with van der Waals surface area (Å²) in [6.45, 7) is 0.214. The maximum absolute atomic E-state index is 12.9. The van der Waals surface area contributed by atoms with Crippen molar-refractivity contribution in [2.24, 2.45) is 5.92 Å². The molecule has 0 fully saturated rings. The predicted octanol–water partition coefficient (Wildman–Crippen LogP) is 2.73. The van der Waals surface area contributed by atoms with E-state index < -0.39 is 18.0 Å². The average molecular weight is 420 g/mol. The Labute approximate surface area is 169 Å². The van der Waals surface area contributed by atoms with Gasteiger partial charge >= 0.3 is 6.18 Å². The number of hydrogen-bond donors (Lipinski definition) is 2. The van der Waals surface area contributed by atoms with E-state index in [4.69, 9.17) is 4.74 Å². The maximum Gasteiger partial charge on any atom is 0.392 e. The van der Waals surface area contributed by atoms with Gasteiger partial charge in [-0.1, -0.05) is 12.1 Å². The van der Waals surface area contributed by atoms with Crippen molar-refractivity contribution in [3.8, 4) is 17.0 Å². The maximum atomic E-state index is 12.9. The second-order valence-electron chi connectivity index (χ2n) is 6.97. The molecule has 0 spiro atoms. The first kappa shape index (κ1) is 19.9. The van der Waals surface area contributed by atoms with Crippen LogP contribution in [0.2, 0.25) is 0 Å². The van der Waals surface area contributed by atoms with Gasteiger partial charge in [0.05, 0.1) is 25.3 Å². The summed E-state index contributed by atoms with van der Waals surface area (Å²) >= 11 is 0. The predicted molar refractivity (Wildman–Crippen MR) is 99.6 cm³/mol. The Morgan fingerprint density at radius 1 is 1.33 bits per heavy atom. The molecule has 0 aliphatic carbocycles.